The third kappa shape index (κ3) is 9.47. The molecule has 0 bridgehead atoms. The summed E-state index contributed by atoms with van der Waals surface area (Å²) in [6, 6.07) is 16.3. The lowest BCUT2D eigenvalue weighted by Gasteiger charge is -2.24. The van der Waals surface area contributed by atoms with E-state index >= 15 is 0 Å². The number of aliphatic hydroxyl groups excluding tert-OH is 2. The van der Waals surface area contributed by atoms with Gasteiger partial charge in [0.1, 0.15) is 5.82 Å². The van der Waals surface area contributed by atoms with E-state index in [1.54, 1.807) is 6.07 Å². The van der Waals surface area contributed by atoms with Crippen LogP contribution in [-0.2, 0) is 38.3 Å². The number of ether oxygens (including phenoxy) is 2. The average molecular weight is 629 g/mol. The first kappa shape index (κ1) is 34.8. The summed E-state index contributed by atoms with van der Waals surface area (Å²) in [6.45, 7) is 8.53. The van der Waals surface area contributed by atoms with Gasteiger partial charge >= 0.3 is 11.9 Å². The lowest BCUT2D eigenvalue weighted by molar-refractivity contribution is -0.140. The Balaban J connectivity index is 1.48. The van der Waals surface area contributed by atoms with Crippen LogP contribution in [0.25, 0.3) is 16.3 Å². The summed E-state index contributed by atoms with van der Waals surface area (Å²) >= 11 is 0. The van der Waals surface area contributed by atoms with Crippen LogP contribution in [0.2, 0.25) is 0 Å². The molecule has 7 heteroatoms. The van der Waals surface area contributed by atoms with Crippen molar-refractivity contribution < 1.29 is 33.7 Å². The molecule has 4 rings (SSSR count). The fourth-order valence-electron chi connectivity index (χ4n) is 5.84. The zero-order valence-electron chi connectivity index (χ0n) is 26.8. The summed E-state index contributed by atoms with van der Waals surface area (Å²) in [6.07, 6.45) is 9.88. The van der Waals surface area contributed by atoms with Gasteiger partial charge in [0.2, 0.25) is 0 Å². The fraction of sp³-hybridized carbons (Fsp3) is 0.385. The summed E-state index contributed by atoms with van der Waals surface area (Å²) in [5.74, 6) is -1.04. The topological polar surface area (TPSA) is 93.1 Å². The number of fused-ring (bicyclic) bond motifs is 1. The molecule has 1 unspecified atom stereocenters. The van der Waals surface area contributed by atoms with Gasteiger partial charge in [-0.25, -0.2) is 14.0 Å². The number of halogens is 1. The molecule has 0 saturated heterocycles. The molecule has 0 aliphatic heterocycles. The zero-order chi connectivity index (χ0) is 33.1. The van der Waals surface area contributed by atoms with E-state index in [1.807, 2.05) is 12.1 Å². The van der Waals surface area contributed by atoms with Crippen molar-refractivity contribution >= 4 is 28.3 Å². The maximum Gasteiger partial charge on any atom is 0.335 e. The van der Waals surface area contributed by atoms with Crippen molar-refractivity contribution in [1.29, 1.82) is 0 Å². The highest BCUT2D eigenvalue weighted by Gasteiger charge is 2.19. The van der Waals surface area contributed by atoms with E-state index in [0.29, 0.717) is 18.8 Å². The molecule has 3 aromatic rings. The van der Waals surface area contributed by atoms with Crippen LogP contribution in [0, 0.1) is 5.82 Å². The van der Waals surface area contributed by atoms with Gasteiger partial charge in [-0.1, -0.05) is 75.4 Å². The molecule has 3 aromatic carbocycles. The second kappa shape index (κ2) is 17.0. The van der Waals surface area contributed by atoms with Crippen molar-refractivity contribution in [2.24, 2.45) is 0 Å². The second-order valence-corrected chi connectivity index (χ2v) is 12.0. The van der Waals surface area contributed by atoms with Gasteiger partial charge in [0.15, 0.2) is 0 Å². The monoisotopic (exact) mass is 628 g/mol. The number of rotatable bonds is 16. The van der Waals surface area contributed by atoms with Crippen LogP contribution in [0.15, 0.2) is 78.9 Å². The largest absolute Gasteiger partial charge is 0.462 e. The number of esters is 2. The summed E-state index contributed by atoms with van der Waals surface area (Å²) in [4.78, 5) is 23.9. The number of carbonyl (C=O) groups is 2. The van der Waals surface area contributed by atoms with Crippen molar-refractivity contribution in [1.82, 2.24) is 0 Å². The van der Waals surface area contributed by atoms with Crippen molar-refractivity contribution in [2.75, 3.05) is 26.4 Å². The van der Waals surface area contributed by atoms with Crippen LogP contribution in [0.5, 0.6) is 0 Å². The zero-order valence-corrected chi connectivity index (χ0v) is 26.8. The molecule has 2 N–H and O–H groups in total. The molecule has 0 spiro atoms. The van der Waals surface area contributed by atoms with Gasteiger partial charge in [0.05, 0.1) is 37.6 Å². The Morgan fingerprint density at radius 1 is 0.848 bits per heavy atom. The Labute approximate surface area is 271 Å². The van der Waals surface area contributed by atoms with Crippen LogP contribution < -0.4 is 0 Å². The lowest BCUT2D eigenvalue weighted by atomic mass is 9.81. The quantitative estimate of drug-likeness (QED) is 0.0981. The molecular formula is C39H45FO6. The predicted octanol–water partition coefficient (Wildman–Crippen LogP) is 7.33. The van der Waals surface area contributed by atoms with Crippen LogP contribution in [0.4, 0.5) is 4.39 Å². The van der Waals surface area contributed by atoms with Gasteiger partial charge in [0.25, 0.3) is 0 Å². The molecule has 244 valence electrons. The number of aryl methyl sites for hydroxylation is 1. The molecule has 1 atom stereocenters. The maximum atomic E-state index is 14.9. The molecule has 0 heterocycles. The van der Waals surface area contributed by atoms with Crippen LogP contribution in [0.1, 0.15) is 79.2 Å². The third-order valence-corrected chi connectivity index (χ3v) is 8.59. The Bertz CT molecular complexity index is 1550. The first-order chi connectivity index (χ1) is 22.2. The summed E-state index contributed by atoms with van der Waals surface area (Å²) < 4.78 is 25.4. The highest BCUT2D eigenvalue weighted by Crippen LogP contribution is 2.38. The predicted molar refractivity (Wildman–Crippen MR) is 180 cm³/mol. The smallest absolute Gasteiger partial charge is 0.335 e. The number of benzene rings is 3. The molecule has 0 fully saturated rings. The van der Waals surface area contributed by atoms with Crippen molar-refractivity contribution in [2.45, 2.75) is 70.6 Å². The molecule has 0 amide bonds. The van der Waals surface area contributed by atoms with Crippen LogP contribution in [-0.4, -0.2) is 48.6 Å². The summed E-state index contributed by atoms with van der Waals surface area (Å²) in [7, 11) is 0. The first-order valence-corrected chi connectivity index (χ1v) is 16.2. The molecule has 1 aliphatic rings. The van der Waals surface area contributed by atoms with E-state index in [9.17, 15) is 14.0 Å². The van der Waals surface area contributed by atoms with E-state index in [-0.39, 0.29) is 30.2 Å². The lowest BCUT2D eigenvalue weighted by Crippen LogP contribution is -2.13. The molecule has 46 heavy (non-hydrogen) atoms. The van der Waals surface area contributed by atoms with Gasteiger partial charge in [0, 0.05) is 12.8 Å². The second-order valence-electron chi connectivity index (χ2n) is 12.0. The number of hydrogen-bond donors (Lipinski definition) is 2. The maximum absolute atomic E-state index is 14.9. The highest BCUT2D eigenvalue weighted by molar-refractivity contribution is 5.88. The molecular weight excluding hydrogens is 583 g/mol. The van der Waals surface area contributed by atoms with Crippen LogP contribution in [0.3, 0.4) is 0 Å². The van der Waals surface area contributed by atoms with Gasteiger partial charge in [-0.2, -0.15) is 0 Å². The highest BCUT2D eigenvalue weighted by atomic mass is 19.1. The minimum Gasteiger partial charge on any atom is -0.462 e. The minimum absolute atomic E-state index is 0.00588. The molecule has 0 radical (unpaired) electrons. The summed E-state index contributed by atoms with van der Waals surface area (Å²) in [5.41, 5.74) is 6.25. The van der Waals surface area contributed by atoms with Gasteiger partial charge < -0.3 is 19.7 Å². The molecule has 6 nitrogen and oxygen atoms in total. The number of aliphatic hydroxyl groups is 2. The third-order valence-electron chi connectivity index (χ3n) is 8.59. The summed E-state index contributed by atoms with van der Waals surface area (Å²) in [5, 5.41) is 20.3. The van der Waals surface area contributed by atoms with Gasteiger partial charge in [-0.05, 0) is 94.3 Å². The fourth-order valence-corrected chi connectivity index (χ4v) is 5.84. The molecule has 0 saturated carbocycles. The van der Waals surface area contributed by atoms with Gasteiger partial charge in [-0.15, -0.1) is 0 Å². The van der Waals surface area contributed by atoms with Crippen molar-refractivity contribution in [3.05, 3.63) is 113 Å². The molecule has 1 aliphatic carbocycles. The Morgan fingerprint density at radius 2 is 1.50 bits per heavy atom. The number of hydrogen-bond acceptors (Lipinski definition) is 6. The molecule has 0 aromatic heterocycles. The van der Waals surface area contributed by atoms with Crippen LogP contribution >= 0.6 is 0 Å². The van der Waals surface area contributed by atoms with E-state index in [2.05, 4.69) is 56.5 Å². The average Bonchev–Trinajstić information content (AvgIpc) is 3.07. The first-order valence-electron chi connectivity index (χ1n) is 16.2. The standard InChI is InChI=1S/C39H45FO6/c1-4-5-6-7-34-21-33-13-12-32(22-36(33)23-37(34)40)30-8-10-31(11-9-30)35-19-28(14-16-45-38(43)26(2)24-41)18-29(20-35)15-17-46-39(44)27(3)25-42/h10,12-13,18-23,30,41-42H,2-9,11,14-17,24-25H2,1H3. The van der Waals surface area contributed by atoms with Gasteiger partial charge in [-0.3, -0.25) is 0 Å². The SMILES string of the molecule is C=C(CO)C(=O)OCCc1cc(CCOC(=O)C(=C)CO)cc(C2=CCC(c3ccc4cc(CCCCC)c(F)cc4c3)CC2)c1. The van der Waals surface area contributed by atoms with E-state index in [1.165, 1.54) is 11.1 Å². The van der Waals surface area contributed by atoms with E-state index in [0.717, 1.165) is 78.0 Å². The number of allylic oxidation sites excluding steroid dienone is 2. The van der Waals surface area contributed by atoms with Crippen molar-refractivity contribution in [3.63, 3.8) is 0 Å². The Morgan fingerprint density at radius 3 is 2.07 bits per heavy atom. The van der Waals surface area contributed by atoms with E-state index in [4.69, 9.17) is 19.7 Å². The Hall–Kier alpha value is -4.07. The van der Waals surface area contributed by atoms with Crippen molar-refractivity contribution in [3.8, 4) is 0 Å². The number of unbranched alkanes of at least 4 members (excludes halogenated alkanes) is 2. The normalized spacial score (nSPS) is 14.5. The Kier molecular flexibility index (Phi) is 12.9. The van der Waals surface area contributed by atoms with E-state index < -0.39 is 25.2 Å². The number of carbonyl (C=O) groups excluding carboxylic acids is 2. The minimum atomic E-state index is -0.625.